The lowest BCUT2D eigenvalue weighted by Gasteiger charge is -2.19. The van der Waals surface area contributed by atoms with Crippen LogP contribution in [0.3, 0.4) is 0 Å². The Kier molecular flexibility index (Phi) is 4.21. The zero-order chi connectivity index (χ0) is 13.2. The normalized spacial score (nSPS) is 13.5. The van der Waals surface area contributed by atoms with Gasteiger partial charge in [-0.15, -0.1) is 0 Å². The van der Waals surface area contributed by atoms with Gasteiger partial charge in [-0.05, 0) is 17.7 Å². The SMILES string of the molecule is O=C(O)CC(c1cc(Cl)nc(Cl)c1)C(F)(F)F. The van der Waals surface area contributed by atoms with Crippen LogP contribution in [0.15, 0.2) is 12.1 Å². The van der Waals surface area contributed by atoms with Crippen molar-refractivity contribution in [2.45, 2.75) is 18.5 Å². The number of carboxylic acid groups (broad SMARTS) is 1. The van der Waals surface area contributed by atoms with E-state index >= 15 is 0 Å². The highest BCUT2D eigenvalue weighted by Crippen LogP contribution is 2.38. The maximum absolute atomic E-state index is 12.7. The Bertz CT molecular complexity index is 416. The first-order chi connectivity index (χ1) is 7.70. The van der Waals surface area contributed by atoms with E-state index in [1.807, 2.05) is 0 Å². The Morgan fingerprint density at radius 2 is 1.82 bits per heavy atom. The van der Waals surface area contributed by atoms with E-state index in [1.54, 1.807) is 0 Å². The van der Waals surface area contributed by atoms with Crippen molar-refractivity contribution in [2.75, 3.05) is 0 Å². The van der Waals surface area contributed by atoms with Gasteiger partial charge in [-0.25, -0.2) is 4.98 Å². The van der Waals surface area contributed by atoms with E-state index in [0.717, 1.165) is 12.1 Å². The van der Waals surface area contributed by atoms with E-state index in [1.165, 1.54) is 0 Å². The number of aliphatic carboxylic acids is 1. The molecule has 1 atom stereocenters. The summed E-state index contributed by atoms with van der Waals surface area (Å²) in [5.74, 6) is -3.71. The quantitative estimate of drug-likeness (QED) is 0.866. The molecule has 1 heterocycles. The minimum Gasteiger partial charge on any atom is -0.481 e. The van der Waals surface area contributed by atoms with Crippen molar-refractivity contribution in [1.82, 2.24) is 4.98 Å². The van der Waals surface area contributed by atoms with E-state index in [9.17, 15) is 18.0 Å². The Labute approximate surface area is 104 Å². The van der Waals surface area contributed by atoms with Gasteiger partial charge in [-0.3, -0.25) is 4.79 Å². The third-order valence-electron chi connectivity index (χ3n) is 1.96. The molecule has 1 N–H and O–H groups in total. The number of hydrogen-bond donors (Lipinski definition) is 1. The van der Waals surface area contributed by atoms with Gasteiger partial charge >= 0.3 is 12.1 Å². The minimum atomic E-state index is -4.69. The second-order valence-corrected chi connectivity index (χ2v) is 4.01. The monoisotopic (exact) mass is 287 g/mol. The van der Waals surface area contributed by atoms with Gasteiger partial charge in [0.1, 0.15) is 10.3 Å². The predicted molar refractivity (Wildman–Crippen MR) is 55.3 cm³/mol. The first kappa shape index (κ1) is 14.1. The number of halogens is 5. The zero-order valence-corrected chi connectivity index (χ0v) is 9.64. The van der Waals surface area contributed by atoms with Gasteiger partial charge in [-0.1, -0.05) is 23.2 Å². The fourth-order valence-corrected chi connectivity index (χ4v) is 1.76. The highest BCUT2D eigenvalue weighted by molar-refractivity contribution is 6.32. The number of alkyl halides is 3. The van der Waals surface area contributed by atoms with Crippen LogP contribution < -0.4 is 0 Å². The molecule has 0 saturated heterocycles. The number of pyridine rings is 1. The van der Waals surface area contributed by atoms with Gasteiger partial charge < -0.3 is 5.11 Å². The molecule has 1 rings (SSSR count). The summed E-state index contributed by atoms with van der Waals surface area (Å²) < 4.78 is 38.0. The number of hydrogen-bond acceptors (Lipinski definition) is 2. The van der Waals surface area contributed by atoms with Gasteiger partial charge in [-0.2, -0.15) is 13.2 Å². The molecule has 0 spiro atoms. The van der Waals surface area contributed by atoms with Crippen molar-refractivity contribution in [3.05, 3.63) is 28.0 Å². The summed E-state index contributed by atoms with van der Waals surface area (Å²) in [5.41, 5.74) is -0.315. The number of aromatic nitrogens is 1. The third-order valence-corrected chi connectivity index (χ3v) is 2.35. The van der Waals surface area contributed by atoms with Crippen molar-refractivity contribution < 1.29 is 23.1 Å². The average molecular weight is 288 g/mol. The minimum absolute atomic E-state index is 0.216. The van der Waals surface area contributed by atoms with Crippen LogP contribution >= 0.6 is 23.2 Å². The van der Waals surface area contributed by atoms with Gasteiger partial charge in [0.05, 0.1) is 12.3 Å². The molecule has 1 aromatic rings. The fraction of sp³-hybridized carbons (Fsp3) is 0.333. The van der Waals surface area contributed by atoms with Gasteiger partial charge in [0, 0.05) is 0 Å². The van der Waals surface area contributed by atoms with Crippen LogP contribution in [0.5, 0.6) is 0 Å². The number of nitrogens with zero attached hydrogens (tertiary/aromatic N) is 1. The molecule has 1 aromatic heterocycles. The lowest BCUT2D eigenvalue weighted by molar-refractivity contribution is -0.163. The first-order valence-corrected chi connectivity index (χ1v) is 5.07. The Morgan fingerprint density at radius 3 is 2.18 bits per heavy atom. The standard InChI is InChI=1S/C9H6Cl2F3NO2/c10-6-1-4(2-7(11)15-6)5(3-8(16)17)9(12,13)14/h1-2,5H,3H2,(H,16,17). The molecule has 0 aromatic carbocycles. The summed E-state index contributed by atoms with van der Waals surface area (Å²) in [7, 11) is 0. The van der Waals surface area contributed by atoms with Gasteiger partial charge in [0.25, 0.3) is 0 Å². The van der Waals surface area contributed by atoms with E-state index in [4.69, 9.17) is 28.3 Å². The molecule has 0 amide bonds. The molecule has 0 aliphatic heterocycles. The van der Waals surface area contributed by atoms with E-state index in [2.05, 4.69) is 4.98 Å². The summed E-state index contributed by atoms with van der Waals surface area (Å²) in [5, 5.41) is 8.03. The van der Waals surface area contributed by atoms with Crippen molar-refractivity contribution in [3.63, 3.8) is 0 Å². The number of rotatable bonds is 3. The molecule has 0 aliphatic carbocycles. The van der Waals surface area contributed by atoms with Crippen LogP contribution in [0.2, 0.25) is 10.3 Å². The van der Waals surface area contributed by atoms with Crippen molar-refractivity contribution in [2.24, 2.45) is 0 Å². The molecule has 3 nitrogen and oxygen atoms in total. The lowest BCUT2D eigenvalue weighted by atomic mass is 9.96. The average Bonchev–Trinajstić information content (AvgIpc) is 2.10. The molecule has 0 aliphatic rings. The predicted octanol–water partition coefficient (Wildman–Crippen LogP) is 3.51. The van der Waals surface area contributed by atoms with E-state index in [0.29, 0.717) is 0 Å². The van der Waals surface area contributed by atoms with E-state index < -0.39 is 24.5 Å². The molecule has 0 bridgehead atoms. The maximum atomic E-state index is 12.7. The van der Waals surface area contributed by atoms with Crippen LogP contribution in [0, 0.1) is 0 Å². The summed E-state index contributed by atoms with van der Waals surface area (Å²) in [6, 6.07) is 1.91. The third kappa shape index (κ3) is 4.05. The van der Waals surface area contributed by atoms with Crippen LogP contribution in [0.1, 0.15) is 17.9 Å². The number of carbonyl (C=O) groups is 1. The Hall–Kier alpha value is -1.01. The summed E-state index contributed by atoms with van der Waals surface area (Å²) in [6.45, 7) is 0. The largest absolute Gasteiger partial charge is 0.481 e. The fourth-order valence-electron chi connectivity index (χ4n) is 1.28. The van der Waals surface area contributed by atoms with Gasteiger partial charge in [0.2, 0.25) is 0 Å². The van der Waals surface area contributed by atoms with Crippen LogP contribution in [-0.4, -0.2) is 22.2 Å². The lowest BCUT2D eigenvalue weighted by Crippen LogP contribution is -2.23. The van der Waals surface area contributed by atoms with Crippen molar-refractivity contribution in [1.29, 1.82) is 0 Å². The molecular weight excluding hydrogens is 282 g/mol. The molecule has 8 heteroatoms. The first-order valence-electron chi connectivity index (χ1n) is 4.31. The molecule has 0 fully saturated rings. The summed E-state index contributed by atoms with van der Waals surface area (Å²) in [4.78, 5) is 13.9. The highest BCUT2D eigenvalue weighted by Gasteiger charge is 2.42. The maximum Gasteiger partial charge on any atom is 0.396 e. The summed E-state index contributed by atoms with van der Waals surface area (Å²) >= 11 is 10.9. The smallest absolute Gasteiger partial charge is 0.396 e. The van der Waals surface area contributed by atoms with E-state index in [-0.39, 0.29) is 15.9 Å². The molecular formula is C9H6Cl2F3NO2. The van der Waals surface area contributed by atoms with Crippen molar-refractivity contribution >= 4 is 29.2 Å². The van der Waals surface area contributed by atoms with Gasteiger partial charge in [0.15, 0.2) is 0 Å². The molecule has 94 valence electrons. The molecule has 1 unspecified atom stereocenters. The van der Waals surface area contributed by atoms with Crippen LogP contribution in [-0.2, 0) is 4.79 Å². The zero-order valence-electron chi connectivity index (χ0n) is 8.13. The highest BCUT2D eigenvalue weighted by atomic mass is 35.5. The van der Waals surface area contributed by atoms with Crippen molar-refractivity contribution in [3.8, 4) is 0 Å². The second-order valence-electron chi connectivity index (χ2n) is 3.24. The molecule has 0 radical (unpaired) electrons. The summed E-state index contributed by atoms with van der Waals surface area (Å²) in [6.07, 6.45) is -5.77. The molecule has 17 heavy (non-hydrogen) atoms. The van der Waals surface area contributed by atoms with Crippen LogP contribution in [0.25, 0.3) is 0 Å². The Morgan fingerprint density at radius 1 is 1.35 bits per heavy atom. The topological polar surface area (TPSA) is 50.2 Å². The number of carboxylic acids is 1. The van der Waals surface area contributed by atoms with Crippen LogP contribution in [0.4, 0.5) is 13.2 Å². The Balaban J connectivity index is 3.17. The second kappa shape index (κ2) is 5.10. The molecule has 0 saturated carbocycles.